The molecule has 51 heavy (non-hydrogen) atoms. The molecule has 0 atom stereocenters. The highest BCUT2D eigenvalue weighted by molar-refractivity contribution is 5.65. The zero-order valence-corrected chi connectivity index (χ0v) is 32.2. The minimum absolute atomic E-state index is 0.163. The van der Waals surface area contributed by atoms with Crippen LogP contribution >= 0.6 is 0 Å². The Kier molecular flexibility index (Phi) is 11.2. The first kappa shape index (κ1) is 36.6. The fourth-order valence-electron chi connectivity index (χ4n) is 8.76. The highest BCUT2D eigenvalue weighted by Gasteiger charge is 2.18. The first-order valence-electron chi connectivity index (χ1n) is 19.5. The molecular weight excluding hydrogens is 631 g/mol. The molecule has 0 spiro atoms. The van der Waals surface area contributed by atoms with E-state index in [-0.39, 0.29) is 13.2 Å². The number of H-pyrrole nitrogens is 5. The Morgan fingerprint density at radius 3 is 1.04 bits per heavy atom. The van der Waals surface area contributed by atoms with Gasteiger partial charge in [-0.3, -0.25) is 0 Å². The van der Waals surface area contributed by atoms with Gasteiger partial charge in [-0.15, -0.1) is 0 Å². The molecular formula is C44H59N5O2. The molecule has 6 rings (SSSR count). The van der Waals surface area contributed by atoms with Crippen molar-refractivity contribution in [2.45, 2.75) is 120 Å². The number of hydrogen-bond acceptors (Lipinski definition) is 2. The summed E-state index contributed by atoms with van der Waals surface area (Å²) in [5, 5.41) is 26.7. The van der Waals surface area contributed by atoms with E-state index < -0.39 is 0 Å². The molecule has 5 aromatic heterocycles. The van der Waals surface area contributed by atoms with E-state index in [0.29, 0.717) is 12.8 Å². The van der Waals surface area contributed by atoms with Crippen molar-refractivity contribution in [1.82, 2.24) is 24.9 Å². The first-order valence-corrected chi connectivity index (χ1v) is 19.5. The van der Waals surface area contributed by atoms with Crippen molar-refractivity contribution in [3.8, 4) is 0 Å². The SMILES string of the molecule is CCc1c(CC)c2[nH]c1=Cc1[nH]c(c(C)c1CCCO)C=c1[nH]c(c(CC)c1CC)=c1[nH]c(c(CC)c1CC)=Cc1[nH]c(c(CCCO)c1C)C=2. The molecule has 6 heterocycles. The van der Waals surface area contributed by atoms with E-state index in [9.17, 15) is 10.2 Å². The van der Waals surface area contributed by atoms with Crippen LogP contribution in [0.2, 0.25) is 0 Å². The van der Waals surface area contributed by atoms with Gasteiger partial charge in [0.15, 0.2) is 0 Å². The third-order valence-electron chi connectivity index (χ3n) is 11.4. The van der Waals surface area contributed by atoms with Gasteiger partial charge in [-0.1, -0.05) is 41.5 Å². The molecule has 5 aromatic rings. The molecule has 7 heteroatoms. The van der Waals surface area contributed by atoms with Crippen molar-refractivity contribution in [2.75, 3.05) is 13.2 Å². The van der Waals surface area contributed by atoms with Crippen LogP contribution in [0.15, 0.2) is 0 Å². The normalized spacial score (nSPS) is 12.5. The van der Waals surface area contributed by atoms with E-state index in [2.05, 4.69) is 105 Å². The van der Waals surface area contributed by atoms with Gasteiger partial charge in [-0.05, 0) is 158 Å². The molecule has 0 aliphatic carbocycles. The lowest BCUT2D eigenvalue weighted by Crippen LogP contribution is -2.13. The number of fused-ring (bicyclic) bond motifs is 10. The summed E-state index contributed by atoms with van der Waals surface area (Å²) < 4.78 is 0. The maximum Gasteiger partial charge on any atom is 0.0662 e. The topological polar surface area (TPSA) is 119 Å². The van der Waals surface area contributed by atoms with Gasteiger partial charge in [0.25, 0.3) is 0 Å². The Bertz CT molecular complexity index is 2220. The first-order chi connectivity index (χ1) is 24.8. The van der Waals surface area contributed by atoms with E-state index in [1.807, 2.05) is 0 Å². The molecule has 7 N–H and O–H groups in total. The number of aliphatic hydroxyl groups is 2. The number of aliphatic hydroxyl groups excluding tert-OH is 2. The standard InChI is InChI=1S/C44H59N5O2/c1-9-27-28(10-2)38-24-42-34(18-16-20-51)26(8)36(46-42)22-40-30(12-4)32(14-6)44(49-40)43-31(13-5)29(11-3)39(48-43)21-35-25(7)33(17-15-19-50)41(45-35)23-37(27)47-38/h21-24,45-51H,9-20H2,1-8H3. The van der Waals surface area contributed by atoms with Crippen LogP contribution in [0.4, 0.5) is 0 Å². The predicted molar refractivity (Wildman–Crippen MR) is 211 cm³/mol. The van der Waals surface area contributed by atoms with Gasteiger partial charge in [-0.2, -0.15) is 0 Å². The van der Waals surface area contributed by atoms with E-state index in [4.69, 9.17) is 0 Å². The van der Waals surface area contributed by atoms with Crippen LogP contribution in [0.25, 0.3) is 24.3 Å². The minimum Gasteiger partial charge on any atom is -0.396 e. The highest BCUT2D eigenvalue weighted by Crippen LogP contribution is 2.24. The van der Waals surface area contributed by atoms with Crippen LogP contribution < -0.4 is 21.4 Å². The van der Waals surface area contributed by atoms with E-state index in [1.165, 1.54) is 66.3 Å². The summed E-state index contributed by atoms with van der Waals surface area (Å²) in [4.78, 5) is 19.4. The van der Waals surface area contributed by atoms with Gasteiger partial charge in [-0.25, -0.2) is 0 Å². The van der Waals surface area contributed by atoms with Gasteiger partial charge in [0.2, 0.25) is 0 Å². The molecule has 1 aliphatic heterocycles. The Morgan fingerprint density at radius 2 is 0.706 bits per heavy atom. The molecule has 0 aromatic carbocycles. The Labute approximate surface area is 302 Å². The van der Waals surface area contributed by atoms with Crippen molar-refractivity contribution in [3.63, 3.8) is 0 Å². The zero-order valence-electron chi connectivity index (χ0n) is 32.2. The second kappa shape index (κ2) is 15.6. The number of aromatic nitrogens is 5. The minimum atomic E-state index is 0.163. The molecule has 0 radical (unpaired) electrons. The molecule has 272 valence electrons. The van der Waals surface area contributed by atoms with Crippen LogP contribution in [0, 0.1) is 24.5 Å². The van der Waals surface area contributed by atoms with Crippen molar-refractivity contribution in [2.24, 2.45) is 0 Å². The fourth-order valence-corrected chi connectivity index (χ4v) is 8.76. The lowest BCUT2D eigenvalue weighted by atomic mass is 10.0. The lowest BCUT2D eigenvalue weighted by molar-refractivity contribution is 0.288. The molecule has 0 unspecified atom stereocenters. The summed E-state index contributed by atoms with van der Waals surface area (Å²) in [5.74, 6) is 0. The third-order valence-corrected chi connectivity index (χ3v) is 11.4. The van der Waals surface area contributed by atoms with Crippen molar-refractivity contribution < 1.29 is 10.2 Å². The van der Waals surface area contributed by atoms with Crippen LogP contribution in [0.5, 0.6) is 0 Å². The maximum absolute atomic E-state index is 9.87. The molecule has 0 saturated carbocycles. The number of nitrogens with one attached hydrogen (secondary N) is 5. The highest BCUT2D eigenvalue weighted by atomic mass is 16.3. The van der Waals surface area contributed by atoms with Crippen LogP contribution in [0.3, 0.4) is 0 Å². The number of aromatic amines is 5. The maximum atomic E-state index is 9.87. The molecule has 0 amide bonds. The smallest absolute Gasteiger partial charge is 0.0662 e. The lowest BCUT2D eigenvalue weighted by Gasteiger charge is -2.02. The van der Waals surface area contributed by atoms with Gasteiger partial charge in [0, 0.05) is 57.4 Å². The zero-order chi connectivity index (χ0) is 36.4. The van der Waals surface area contributed by atoms with E-state index in [1.54, 1.807) is 0 Å². The van der Waals surface area contributed by atoms with E-state index in [0.717, 1.165) is 95.5 Å². The monoisotopic (exact) mass is 689 g/mol. The number of rotatable bonds is 12. The summed E-state index contributed by atoms with van der Waals surface area (Å²) in [6, 6.07) is 0. The van der Waals surface area contributed by atoms with Gasteiger partial charge < -0.3 is 35.1 Å². The average molecular weight is 690 g/mol. The second-order valence-corrected chi connectivity index (χ2v) is 14.1. The molecule has 0 saturated heterocycles. The summed E-state index contributed by atoms with van der Waals surface area (Å²) in [5.41, 5.74) is 17.5. The summed E-state index contributed by atoms with van der Waals surface area (Å²) >= 11 is 0. The fraction of sp³-hybridized carbons (Fsp3) is 0.455. The summed E-state index contributed by atoms with van der Waals surface area (Å²) in [6.07, 6.45) is 17.9. The quantitative estimate of drug-likeness (QED) is 0.0971. The van der Waals surface area contributed by atoms with Gasteiger partial charge in [0.05, 0.1) is 10.7 Å². The Hall–Kier alpha value is -4.20. The van der Waals surface area contributed by atoms with Crippen molar-refractivity contribution >= 4 is 24.3 Å². The van der Waals surface area contributed by atoms with E-state index >= 15 is 0 Å². The second-order valence-electron chi connectivity index (χ2n) is 14.1. The van der Waals surface area contributed by atoms with Crippen LogP contribution in [0.1, 0.15) is 133 Å². The van der Waals surface area contributed by atoms with Crippen molar-refractivity contribution in [3.05, 3.63) is 111 Å². The summed E-state index contributed by atoms with van der Waals surface area (Å²) in [7, 11) is 0. The number of hydrogen-bond donors (Lipinski definition) is 7. The summed E-state index contributed by atoms with van der Waals surface area (Å²) in [6.45, 7) is 18.3. The van der Waals surface area contributed by atoms with Gasteiger partial charge in [0.1, 0.15) is 0 Å². The molecule has 1 aliphatic rings. The van der Waals surface area contributed by atoms with Crippen LogP contribution in [-0.4, -0.2) is 48.3 Å². The Balaban J connectivity index is 1.84. The molecule has 10 bridgehead atoms. The molecule has 7 nitrogen and oxygen atoms in total. The van der Waals surface area contributed by atoms with Crippen molar-refractivity contribution in [1.29, 1.82) is 0 Å². The van der Waals surface area contributed by atoms with Crippen LogP contribution in [-0.2, 0) is 51.4 Å². The molecule has 0 fully saturated rings. The third kappa shape index (κ3) is 6.55. The average Bonchev–Trinajstić information content (AvgIpc) is 3.90. The largest absolute Gasteiger partial charge is 0.396 e. The predicted octanol–water partition coefficient (Wildman–Crippen LogP) is 5.08. The van der Waals surface area contributed by atoms with Gasteiger partial charge >= 0.3 is 0 Å². The Morgan fingerprint density at radius 1 is 0.392 bits per heavy atom.